The molecule has 2 rings (SSSR count). The first-order chi connectivity index (χ1) is 9.56. The molecule has 0 spiro atoms. The minimum absolute atomic E-state index is 0.0182. The second kappa shape index (κ2) is 5.96. The van der Waals surface area contributed by atoms with Crippen molar-refractivity contribution in [3.63, 3.8) is 0 Å². The fourth-order valence-corrected chi connectivity index (χ4v) is 1.46. The van der Waals surface area contributed by atoms with Gasteiger partial charge in [0.05, 0.1) is 0 Å². The van der Waals surface area contributed by atoms with Gasteiger partial charge in [0.2, 0.25) is 17.7 Å². The summed E-state index contributed by atoms with van der Waals surface area (Å²) in [5.41, 5.74) is 6.43. The van der Waals surface area contributed by atoms with Crippen molar-refractivity contribution in [3.05, 3.63) is 41.7 Å². The number of carbonyl (C=O) groups is 1. The van der Waals surface area contributed by atoms with Crippen LogP contribution in [0.25, 0.3) is 0 Å². The van der Waals surface area contributed by atoms with E-state index in [-0.39, 0.29) is 18.4 Å². The van der Waals surface area contributed by atoms with Crippen LogP contribution in [0, 0.1) is 0 Å². The maximum absolute atomic E-state index is 11.9. The van der Waals surface area contributed by atoms with Gasteiger partial charge < -0.3 is 15.4 Å². The molecule has 1 heterocycles. The Hall–Kier alpha value is -2.70. The summed E-state index contributed by atoms with van der Waals surface area (Å²) in [5, 5.41) is 0. The van der Waals surface area contributed by atoms with Crippen molar-refractivity contribution in [1.82, 2.24) is 15.0 Å². The van der Waals surface area contributed by atoms with Crippen LogP contribution < -0.4 is 10.6 Å². The number of aromatic nitrogens is 3. The van der Waals surface area contributed by atoms with Gasteiger partial charge in [-0.25, -0.2) is 4.79 Å². The molecule has 7 heteroatoms. The highest BCUT2D eigenvalue weighted by Crippen LogP contribution is 2.08. The molecular weight excluding hydrogens is 258 g/mol. The highest BCUT2D eigenvalue weighted by atomic mass is 16.5. The molecule has 0 saturated heterocycles. The van der Waals surface area contributed by atoms with Crippen LogP contribution in [0.15, 0.2) is 30.3 Å². The number of nitrogens with zero attached hydrogens (tertiary/aromatic N) is 4. The SMILES string of the molecule is CN(C)c1nc(N)nc(C(=O)OCc2ccccc2)n1. The van der Waals surface area contributed by atoms with Gasteiger partial charge in [-0.05, 0) is 5.56 Å². The molecule has 0 aliphatic rings. The Balaban J connectivity index is 2.09. The molecule has 0 saturated carbocycles. The summed E-state index contributed by atoms with van der Waals surface area (Å²) >= 11 is 0. The summed E-state index contributed by atoms with van der Waals surface area (Å²) in [7, 11) is 3.49. The van der Waals surface area contributed by atoms with E-state index in [0.717, 1.165) is 5.56 Å². The highest BCUT2D eigenvalue weighted by molar-refractivity contribution is 5.85. The van der Waals surface area contributed by atoms with Crippen molar-refractivity contribution in [2.45, 2.75) is 6.61 Å². The topological polar surface area (TPSA) is 94.2 Å². The molecule has 0 amide bonds. The molecule has 0 aliphatic carbocycles. The Morgan fingerprint density at radius 1 is 1.20 bits per heavy atom. The number of ether oxygens (including phenoxy) is 1. The molecule has 0 bridgehead atoms. The summed E-state index contributed by atoms with van der Waals surface area (Å²) in [5.74, 6) is -0.442. The molecule has 1 aromatic carbocycles. The van der Waals surface area contributed by atoms with Crippen LogP contribution >= 0.6 is 0 Å². The normalized spacial score (nSPS) is 10.1. The minimum atomic E-state index is -0.633. The third-order valence-corrected chi connectivity index (χ3v) is 2.44. The van der Waals surface area contributed by atoms with Gasteiger partial charge in [-0.3, -0.25) is 0 Å². The van der Waals surface area contributed by atoms with Crippen LogP contribution in [0.1, 0.15) is 16.2 Å². The highest BCUT2D eigenvalue weighted by Gasteiger charge is 2.15. The molecule has 104 valence electrons. The van der Waals surface area contributed by atoms with E-state index >= 15 is 0 Å². The number of esters is 1. The Kier molecular flexibility index (Phi) is 4.09. The lowest BCUT2D eigenvalue weighted by Crippen LogP contribution is -2.19. The molecular formula is C13H15N5O2. The van der Waals surface area contributed by atoms with Gasteiger partial charge in [0.1, 0.15) is 6.61 Å². The van der Waals surface area contributed by atoms with Crippen LogP contribution in [0.3, 0.4) is 0 Å². The predicted octanol–water partition coefficient (Wildman–Crippen LogP) is 0.877. The first-order valence-corrected chi connectivity index (χ1v) is 5.96. The number of carbonyl (C=O) groups excluding carboxylic acids is 1. The molecule has 2 aromatic rings. The molecule has 0 atom stereocenters. The zero-order chi connectivity index (χ0) is 14.5. The number of nitrogens with two attached hydrogens (primary N) is 1. The third-order valence-electron chi connectivity index (χ3n) is 2.44. The second-order valence-corrected chi connectivity index (χ2v) is 4.27. The van der Waals surface area contributed by atoms with Gasteiger partial charge in [0, 0.05) is 14.1 Å². The molecule has 2 N–H and O–H groups in total. The van der Waals surface area contributed by atoms with Gasteiger partial charge in [0.15, 0.2) is 0 Å². The Labute approximate surface area is 116 Å². The van der Waals surface area contributed by atoms with E-state index in [1.807, 2.05) is 30.3 Å². The van der Waals surface area contributed by atoms with Gasteiger partial charge in [-0.15, -0.1) is 0 Å². The van der Waals surface area contributed by atoms with E-state index < -0.39 is 5.97 Å². The lowest BCUT2D eigenvalue weighted by atomic mass is 10.2. The zero-order valence-corrected chi connectivity index (χ0v) is 11.3. The Morgan fingerprint density at radius 2 is 1.90 bits per heavy atom. The lowest BCUT2D eigenvalue weighted by molar-refractivity contribution is 0.0458. The van der Waals surface area contributed by atoms with E-state index in [4.69, 9.17) is 10.5 Å². The average Bonchev–Trinajstić information content (AvgIpc) is 2.45. The van der Waals surface area contributed by atoms with Gasteiger partial charge in [-0.1, -0.05) is 30.3 Å². The van der Waals surface area contributed by atoms with Crippen LogP contribution in [-0.4, -0.2) is 35.0 Å². The monoisotopic (exact) mass is 273 g/mol. The number of hydrogen-bond acceptors (Lipinski definition) is 7. The number of anilines is 2. The van der Waals surface area contributed by atoms with Gasteiger partial charge >= 0.3 is 5.97 Å². The quantitative estimate of drug-likeness (QED) is 0.826. The first kappa shape index (κ1) is 13.7. The number of nitrogen functional groups attached to an aromatic ring is 1. The predicted molar refractivity (Wildman–Crippen MR) is 74.1 cm³/mol. The number of rotatable bonds is 4. The largest absolute Gasteiger partial charge is 0.455 e. The van der Waals surface area contributed by atoms with Crippen LogP contribution in [0.5, 0.6) is 0 Å². The van der Waals surface area contributed by atoms with Gasteiger partial charge in [0.25, 0.3) is 0 Å². The van der Waals surface area contributed by atoms with E-state index in [1.54, 1.807) is 19.0 Å². The lowest BCUT2D eigenvalue weighted by Gasteiger charge is -2.11. The average molecular weight is 273 g/mol. The van der Waals surface area contributed by atoms with Crippen molar-refractivity contribution >= 4 is 17.9 Å². The summed E-state index contributed by atoms with van der Waals surface area (Å²) in [6.45, 7) is 0.155. The fraction of sp³-hybridized carbons (Fsp3) is 0.231. The molecule has 7 nitrogen and oxygen atoms in total. The van der Waals surface area contributed by atoms with Crippen molar-refractivity contribution in [2.75, 3.05) is 24.7 Å². The zero-order valence-electron chi connectivity index (χ0n) is 11.3. The third kappa shape index (κ3) is 3.41. The molecule has 0 fully saturated rings. The molecule has 20 heavy (non-hydrogen) atoms. The first-order valence-electron chi connectivity index (χ1n) is 5.96. The standard InChI is InChI=1S/C13H15N5O2/c1-18(2)13-16-10(15-12(14)17-13)11(19)20-8-9-6-4-3-5-7-9/h3-7H,8H2,1-2H3,(H2,14,15,16,17). The van der Waals surface area contributed by atoms with Crippen molar-refractivity contribution in [1.29, 1.82) is 0 Å². The molecule has 1 aromatic heterocycles. The van der Waals surface area contributed by atoms with E-state index in [9.17, 15) is 4.79 Å². The summed E-state index contributed by atoms with van der Waals surface area (Å²) in [4.78, 5) is 25.2. The van der Waals surface area contributed by atoms with E-state index in [2.05, 4.69) is 15.0 Å². The van der Waals surface area contributed by atoms with Crippen LogP contribution in [0.4, 0.5) is 11.9 Å². The summed E-state index contributed by atoms with van der Waals surface area (Å²) in [6.07, 6.45) is 0. The smallest absolute Gasteiger partial charge is 0.376 e. The number of benzene rings is 1. The maximum atomic E-state index is 11.9. The summed E-state index contributed by atoms with van der Waals surface area (Å²) in [6, 6.07) is 9.35. The molecule has 0 unspecified atom stereocenters. The Bertz CT molecular complexity index is 601. The van der Waals surface area contributed by atoms with Gasteiger partial charge in [-0.2, -0.15) is 15.0 Å². The number of hydrogen-bond donors (Lipinski definition) is 1. The van der Waals surface area contributed by atoms with Crippen molar-refractivity contribution in [3.8, 4) is 0 Å². The molecule has 0 radical (unpaired) electrons. The minimum Gasteiger partial charge on any atom is -0.455 e. The molecule has 0 aliphatic heterocycles. The fourth-order valence-electron chi connectivity index (χ4n) is 1.46. The second-order valence-electron chi connectivity index (χ2n) is 4.27. The van der Waals surface area contributed by atoms with Crippen LogP contribution in [-0.2, 0) is 11.3 Å². The van der Waals surface area contributed by atoms with Crippen molar-refractivity contribution in [2.24, 2.45) is 0 Å². The van der Waals surface area contributed by atoms with E-state index in [0.29, 0.717) is 5.95 Å². The van der Waals surface area contributed by atoms with E-state index in [1.165, 1.54) is 0 Å². The van der Waals surface area contributed by atoms with Crippen LogP contribution in [0.2, 0.25) is 0 Å². The maximum Gasteiger partial charge on any atom is 0.376 e. The Morgan fingerprint density at radius 3 is 2.55 bits per heavy atom. The summed E-state index contributed by atoms with van der Waals surface area (Å²) < 4.78 is 5.14. The van der Waals surface area contributed by atoms with Crippen molar-refractivity contribution < 1.29 is 9.53 Å².